The number of benzene rings is 1. The van der Waals surface area contributed by atoms with Crippen LogP contribution in [-0.2, 0) is 14.8 Å². The third kappa shape index (κ3) is 3.61. The summed E-state index contributed by atoms with van der Waals surface area (Å²) in [7, 11) is -1.98. The molecule has 1 atom stereocenters. The fraction of sp³-hybridized carbons (Fsp3) is 0.500. The molecule has 7 heteroatoms. The van der Waals surface area contributed by atoms with E-state index in [9.17, 15) is 13.2 Å². The van der Waals surface area contributed by atoms with Crippen LogP contribution in [0.5, 0.6) is 0 Å². The molecule has 0 spiro atoms. The molecule has 0 aliphatic heterocycles. The highest BCUT2D eigenvalue weighted by Gasteiger charge is 2.38. The zero-order chi connectivity index (χ0) is 15.6. The first-order valence-corrected chi connectivity index (χ1v) is 8.36. The average molecular weight is 311 g/mol. The van der Waals surface area contributed by atoms with Gasteiger partial charge >= 0.3 is 0 Å². The molecule has 116 valence electrons. The first-order valence-electron chi connectivity index (χ1n) is 6.92. The summed E-state index contributed by atoms with van der Waals surface area (Å²) in [5, 5.41) is 2.61. The van der Waals surface area contributed by atoms with Gasteiger partial charge in [-0.05, 0) is 43.0 Å². The standard InChI is InChI=1S/C14H21N3O3S/c1-10(18)16-12-5-7-13(8-6-12)21(19,20)17(2)14(9-15)11-3-4-11/h5-8,11,14H,3-4,9,15H2,1-2H3,(H,16,18). The number of anilines is 1. The van der Waals surface area contributed by atoms with Crippen LogP contribution in [0.1, 0.15) is 19.8 Å². The van der Waals surface area contributed by atoms with E-state index in [1.807, 2.05) is 0 Å². The Bertz CT molecular complexity index is 609. The summed E-state index contributed by atoms with van der Waals surface area (Å²) in [6.45, 7) is 1.73. The Morgan fingerprint density at radius 3 is 2.38 bits per heavy atom. The number of nitrogens with zero attached hydrogens (tertiary/aromatic N) is 1. The van der Waals surface area contributed by atoms with Gasteiger partial charge in [-0.1, -0.05) is 0 Å². The van der Waals surface area contributed by atoms with Crippen molar-refractivity contribution < 1.29 is 13.2 Å². The van der Waals surface area contributed by atoms with Crippen LogP contribution >= 0.6 is 0 Å². The molecule has 1 aromatic carbocycles. The van der Waals surface area contributed by atoms with Crippen molar-refractivity contribution in [1.29, 1.82) is 0 Å². The number of nitrogens with two attached hydrogens (primary N) is 1. The molecule has 0 aromatic heterocycles. The van der Waals surface area contributed by atoms with E-state index in [-0.39, 0.29) is 16.8 Å². The molecule has 1 saturated carbocycles. The number of sulfonamides is 1. The molecule has 1 amide bonds. The van der Waals surface area contributed by atoms with Crippen LogP contribution in [0.15, 0.2) is 29.2 Å². The zero-order valence-electron chi connectivity index (χ0n) is 12.2. The predicted molar refractivity (Wildman–Crippen MR) is 81.3 cm³/mol. The van der Waals surface area contributed by atoms with Gasteiger partial charge in [0.05, 0.1) is 4.90 Å². The number of rotatable bonds is 6. The Morgan fingerprint density at radius 1 is 1.38 bits per heavy atom. The molecule has 0 heterocycles. The third-order valence-electron chi connectivity index (χ3n) is 3.73. The molecule has 1 aromatic rings. The second-order valence-corrected chi connectivity index (χ2v) is 7.36. The van der Waals surface area contributed by atoms with Crippen LogP contribution in [0.25, 0.3) is 0 Å². The minimum atomic E-state index is -3.56. The lowest BCUT2D eigenvalue weighted by molar-refractivity contribution is -0.114. The van der Waals surface area contributed by atoms with E-state index in [2.05, 4.69) is 5.32 Å². The van der Waals surface area contributed by atoms with Crippen molar-refractivity contribution in [1.82, 2.24) is 4.31 Å². The van der Waals surface area contributed by atoms with Gasteiger partial charge in [-0.3, -0.25) is 4.79 Å². The molecule has 0 radical (unpaired) electrons. The largest absolute Gasteiger partial charge is 0.329 e. The number of hydrogen-bond acceptors (Lipinski definition) is 4. The maximum atomic E-state index is 12.6. The van der Waals surface area contributed by atoms with Crippen LogP contribution in [0.4, 0.5) is 5.69 Å². The van der Waals surface area contributed by atoms with E-state index in [4.69, 9.17) is 5.73 Å². The summed E-state index contributed by atoms with van der Waals surface area (Å²) in [4.78, 5) is 11.2. The molecular weight excluding hydrogens is 290 g/mol. The summed E-state index contributed by atoms with van der Waals surface area (Å²) in [6, 6.07) is 6.01. The second-order valence-electron chi connectivity index (χ2n) is 5.37. The predicted octanol–water partition coefficient (Wildman–Crippen LogP) is 1.00. The first-order chi connectivity index (χ1) is 9.86. The SMILES string of the molecule is CC(=O)Nc1ccc(S(=O)(=O)N(C)C(CN)C2CC2)cc1. The van der Waals surface area contributed by atoms with Gasteiger partial charge in [0.1, 0.15) is 0 Å². The molecule has 1 fully saturated rings. The summed E-state index contributed by atoms with van der Waals surface area (Å²) < 4.78 is 26.5. The van der Waals surface area contributed by atoms with Gasteiger partial charge in [-0.25, -0.2) is 8.42 Å². The lowest BCUT2D eigenvalue weighted by Gasteiger charge is -2.26. The molecule has 1 unspecified atom stereocenters. The highest BCUT2D eigenvalue weighted by molar-refractivity contribution is 7.89. The van der Waals surface area contributed by atoms with Gasteiger partial charge in [0.25, 0.3) is 0 Å². The molecule has 0 bridgehead atoms. The number of carbonyl (C=O) groups excluding carboxylic acids is 1. The number of amides is 1. The minimum Gasteiger partial charge on any atom is -0.329 e. The van der Waals surface area contributed by atoms with E-state index < -0.39 is 10.0 Å². The molecule has 21 heavy (non-hydrogen) atoms. The van der Waals surface area contributed by atoms with Crippen LogP contribution < -0.4 is 11.1 Å². The van der Waals surface area contributed by atoms with Crippen molar-refractivity contribution >= 4 is 21.6 Å². The number of nitrogens with one attached hydrogen (secondary N) is 1. The quantitative estimate of drug-likeness (QED) is 0.820. The molecule has 3 N–H and O–H groups in total. The Labute approximate surface area is 125 Å². The summed E-state index contributed by atoms with van der Waals surface area (Å²) in [5.41, 5.74) is 6.29. The molecule has 0 saturated heterocycles. The maximum Gasteiger partial charge on any atom is 0.243 e. The van der Waals surface area contributed by atoms with E-state index in [0.717, 1.165) is 12.8 Å². The van der Waals surface area contributed by atoms with E-state index in [1.54, 1.807) is 19.2 Å². The van der Waals surface area contributed by atoms with Gasteiger partial charge in [0.15, 0.2) is 0 Å². The smallest absolute Gasteiger partial charge is 0.243 e. The van der Waals surface area contributed by atoms with Crippen molar-refractivity contribution in [3.8, 4) is 0 Å². The van der Waals surface area contributed by atoms with Crippen molar-refractivity contribution in [2.24, 2.45) is 11.7 Å². The third-order valence-corrected chi connectivity index (χ3v) is 5.62. The highest BCUT2D eigenvalue weighted by Crippen LogP contribution is 2.36. The maximum absolute atomic E-state index is 12.6. The highest BCUT2D eigenvalue weighted by atomic mass is 32.2. The van der Waals surface area contributed by atoms with Crippen molar-refractivity contribution in [2.75, 3.05) is 18.9 Å². The fourth-order valence-electron chi connectivity index (χ4n) is 2.38. The molecule has 1 aliphatic carbocycles. The van der Waals surface area contributed by atoms with Gasteiger partial charge in [-0.2, -0.15) is 4.31 Å². The fourth-order valence-corrected chi connectivity index (χ4v) is 3.80. The van der Waals surface area contributed by atoms with Crippen molar-refractivity contribution in [3.63, 3.8) is 0 Å². The summed E-state index contributed by atoms with van der Waals surface area (Å²) in [6.07, 6.45) is 2.06. The van der Waals surface area contributed by atoms with Gasteiger partial charge in [-0.15, -0.1) is 0 Å². The van der Waals surface area contributed by atoms with Crippen LogP contribution in [0, 0.1) is 5.92 Å². The molecule has 2 rings (SSSR count). The summed E-state index contributed by atoms with van der Waals surface area (Å²) in [5.74, 6) is 0.174. The Balaban J connectivity index is 2.20. The van der Waals surface area contributed by atoms with Gasteiger partial charge in [0, 0.05) is 32.2 Å². The topological polar surface area (TPSA) is 92.5 Å². The Morgan fingerprint density at radius 2 is 1.95 bits per heavy atom. The summed E-state index contributed by atoms with van der Waals surface area (Å²) >= 11 is 0. The van der Waals surface area contributed by atoms with Crippen LogP contribution in [0.3, 0.4) is 0 Å². The molecule has 1 aliphatic rings. The average Bonchev–Trinajstić information content (AvgIpc) is 3.24. The van der Waals surface area contributed by atoms with E-state index in [1.165, 1.54) is 23.4 Å². The lowest BCUT2D eigenvalue weighted by Crippen LogP contribution is -2.43. The Kier molecular flexibility index (Phi) is 4.65. The minimum absolute atomic E-state index is 0.148. The second kappa shape index (κ2) is 6.13. The van der Waals surface area contributed by atoms with Crippen molar-refractivity contribution in [2.45, 2.75) is 30.7 Å². The van der Waals surface area contributed by atoms with Gasteiger partial charge in [0.2, 0.25) is 15.9 Å². The van der Waals surface area contributed by atoms with E-state index >= 15 is 0 Å². The number of carbonyl (C=O) groups is 1. The Hall–Kier alpha value is -1.44. The van der Waals surface area contributed by atoms with Crippen LogP contribution in [-0.4, -0.2) is 38.3 Å². The normalized spacial score (nSPS) is 16.8. The lowest BCUT2D eigenvalue weighted by atomic mass is 10.2. The molecular formula is C14H21N3O3S. The van der Waals surface area contributed by atoms with Crippen molar-refractivity contribution in [3.05, 3.63) is 24.3 Å². The number of hydrogen-bond donors (Lipinski definition) is 2. The van der Waals surface area contributed by atoms with E-state index in [0.29, 0.717) is 18.2 Å². The zero-order valence-corrected chi connectivity index (χ0v) is 13.1. The monoisotopic (exact) mass is 311 g/mol. The first kappa shape index (κ1) is 15.9. The molecule has 6 nitrogen and oxygen atoms in total. The van der Waals surface area contributed by atoms with Gasteiger partial charge < -0.3 is 11.1 Å². The number of likely N-dealkylation sites (N-methyl/N-ethyl adjacent to an activating group) is 1. The van der Waals surface area contributed by atoms with Crippen LogP contribution in [0.2, 0.25) is 0 Å².